The monoisotopic (exact) mass is 418 g/mol. The van der Waals surface area contributed by atoms with Crippen LogP contribution in [0.25, 0.3) is 0 Å². The molecular weight excluding hydrogens is 384 g/mol. The summed E-state index contributed by atoms with van der Waals surface area (Å²) in [6, 6.07) is 4.78. The Labute approximate surface area is 179 Å². The summed E-state index contributed by atoms with van der Waals surface area (Å²) in [7, 11) is 3.37. The molecule has 3 heterocycles. The smallest absolute Gasteiger partial charge is 0.409 e. The van der Waals surface area contributed by atoms with Crippen LogP contribution in [0.2, 0.25) is 0 Å². The molecule has 0 unspecified atom stereocenters. The highest BCUT2D eigenvalue weighted by molar-refractivity contribution is 5.67. The van der Waals surface area contributed by atoms with E-state index in [0.717, 1.165) is 76.4 Å². The van der Waals surface area contributed by atoms with E-state index in [1.165, 1.54) is 11.1 Å². The minimum atomic E-state index is -0.227. The quantitative estimate of drug-likeness (QED) is 0.749. The number of carbonyl (C=O) groups is 1. The van der Waals surface area contributed by atoms with Crippen molar-refractivity contribution in [3.8, 4) is 11.5 Å². The van der Waals surface area contributed by atoms with Crippen LogP contribution in [-0.4, -0.2) is 75.5 Å². The molecule has 0 bridgehead atoms. The Bertz CT molecular complexity index is 752. The van der Waals surface area contributed by atoms with Crippen LogP contribution in [0.4, 0.5) is 4.79 Å². The van der Waals surface area contributed by atoms with E-state index in [9.17, 15) is 4.79 Å². The second kappa shape index (κ2) is 9.02. The van der Waals surface area contributed by atoms with Crippen LogP contribution in [-0.2, 0) is 21.5 Å². The van der Waals surface area contributed by atoms with Crippen molar-refractivity contribution < 1.29 is 23.7 Å². The third kappa shape index (κ3) is 3.97. The highest BCUT2D eigenvalue weighted by atomic mass is 16.6. The lowest BCUT2D eigenvalue weighted by Gasteiger charge is -2.48. The number of rotatable bonds is 4. The predicted octanol–water partition coefficient (Wildman–Crippen LogP) is 3.19. The van der Waals surface area contributed by atoms with E-state index in [0.29, 0.717) is 12.6 Å². The lowest BCUT2D eigenvalue weighted by atomic mass is 9.78. The number of fused-ring (bicyclic) bond motifs is 2. The van der Waals surface area contributed by atoms with Crippen molar-refractivity contribution >= 4 is 6.09 Å². The molecule has 3 aliphatic rings. The number of benzene rings is 1. The summed E-state index contributed by atoms with van der Waals surface area (Å²) in [5, 5.41) is 0. The number of methoxy groups -OCH3 is 2. The van der Waals surface area contributed by atoms with E-state index >= 15 is 0 Å². The zero-order valence-electron chi connectivity index (χ0n) is 18.4. The minimum Gasteiger partial charge on any atom is -0.493 e. The molecule has 7 heteroatoms. The van der Waals surface area contributed by atoms with Crippen LogP contribution in [0.15, 0.2) is 12.1 Å². The first-order chi connectivity index (χ1) is 14.6. The van der Waals surface area contributed by atoms with Crippen molar-refractivity contribution in [2.45, 2.75) is 50.7 Å². The van der Waals surface area contributed by atoms with Gasteiger partial charge in [0.2, 0.25) is 0 Å². The zero-order chi connectivity index (χ0) is 21.1. The van der Waals surface area contributed by atoms with E-state index in [2.05, 4.69) is 17.0 Å². The van der Waals surface area contributed by atoms with Crippen LogP contribution in [0.5, 0.6) is 11.5 Å². The number of hydrogen-bond acceptors (Lipinski definition) is 6. The molecule has 1 spiro atoms. The molecule has 2 saturated heterocycles. The summed E-state index contributed by atoms with van der Waals surface area (Å²) >= 11 is 0. The number of ether oxygens (including phenoxy) is 4. The van der Waals surface area contributed by atoms with Gasteiger partial charge in [-0.1, -0.05) is 0 Å². The van der Waals surface area contributed by atoms with Gasteiger partial charge in [-0.2, -0.15) is 0 Å². The average Bonchev–Trinajstić information content (AvgIpc) is 2.79. The topological polar surface area (TPSA) is 60.5 Å². The molecule has 0 atom stereocenters. The Hall–Kier alpha value is -1.99. The molecule has 166 valence electrons. The fourth-order valence-electron chi connectivity index (χ4n) is 5.28. The van der Waals surface area contributed by atoms with E-state index in [4.69, 9.17) is 18.9 Å². The number of carbonyl (C=O) groups excluding carboxylic acids is 1. The summed E-state index contributed by atoms with van der Waals surface area (Å²) < 4.78 is 22.6. The molecule has 7 nitrogen and oxygen atoms in total. The second-order valence-corrected chi connectivity index (χ2v) is 8.41. The number of likely N-dealkylation sites (tertiary alicyclic amines) is 2. The van der Waals surface area contributed by atoms with Crippen molar-refractivity contribution in [1.82, 2.24) is 9.80 Å². The Morgan fingerprint density at radius 3 is 2.40 bits per heavy atom. The number of amides is 1. The van der Waals surface area contributed by atoms with Crippen LogP contribution in [0.1, 0.15) is 43.7 Å². The maximum atomic E-state index is 12.0. The predicted molar refractivity (Wildman–Crippen MR) is 113 cm³/mol. The van der Waals surface area contributed by atoms with Crippen LogP contribution in [0, 0.1) is 0 Å². The summed E-state index contributed by atoms with van der Waals surface area (Å²) in [4.78, 5) is 16.4. The van der Waals surface area contributed by atoms with Crippen molar-refractivity contribution in [2.75, 3.05) is 53.6 Å². The number of piperidine rings is 2. The van der Waals surface area contributed by atoms with Crippen LogP contribution >= 0.6 is 0 Å². The highest BCUT2D eigenvalue weighted by Gasteiger charge is 2.43. The molecule has 0 N–H and O–H groups in total. The minimum absolute atomic E-state index is 0.176. The van der Waals surface area contributed by atoms with E-state index < -0.39 is 0 Å². The van der Waals surface area contributed by atoms with Gasteiger partial charge in [-0.25, -0.2) is 4.79 Å². The molecule has 0 saturated carbocycles. The summed E-state index contributed by atoms with van der Waals surface area (Å²) in [6.07, 6.45) is 4.71. The first kappa shape index (κ1) is 21.2. The van der Waals surface area contributed by atoms with Crippen LogP contribution in [0.3, 0.4) is 0 Å². The Morgan fingerprint density at radius 1 is 1.10 bits per heavy atom. The standard InChI is InChI=1S/C23H34N2O5/c1-4-29-22(26)25-10-5-18(6-11-25)24-12-8-23(9-13-24)19-16-21(28-3)20(27-2)15-17(19)7-14-30-23/h15-16,18H,4-14H2,1-3H3. The van der Waals surface area contributed by atoms with Gasteiger partial charge >= 0.3 is 6.09 Å². The van der Waals surface area contributed by atoms with Gasteiger partial charge in [-0.3, -0.25) is 0 Å². The maximum Gasteiger partial charge on any atom is 0.409 e. The van der Waals surface area contributed by atoms with Crippen molar-refractivity contribution in [3.05, 3.63) is 23.3 Å². The molecule has 2 fully saturated rings. The second-order valence-electron chi connectivity index (χ2n) is 8.41. The van der Waals surface area contributed by atoms with E-state index in [1.54, 1.807) is 14.2 Å². The van der Waals surface area contributed by atoms with E-state index in [1.807, 2.05) is 11.8 Å². The molecular formula is C23H34N2O5. The molecule has 0 radical (unpaired) electrons. The lowest BCUT2D eigenvalue weighted by molar-refractivity contribution is -0.105. The third-order valence-electron chi connectivity index (χ3n) is 6.96. The summed E-state index contributed by atoms with van der Waals surface area (Å²) in [5.41, 5.74) is 2.35. The van der Waals surface area contributed by atoms with Gasteiger partial charge in [0, 0.05) is 32.2 Å². The fourth-order valence-corrected chi connectivity index (χ4v) is 5.28. The first-order valence-corrected chi connectivity index (χ1v) is 11.2. The Balaban J connectivity index is 1.41. The lowest BCUT2D eigenvalue weighted by Crippen LogP contribution is -2.52. The van der Waals surface area contributed by atoms with Gasteiger partial charge in [0.05, 0.1) is 33.0 Å². The van der Waals surface area contributed by atoms with Crippen LogP contribution < -0.4 is 9.47 Å². The fraction of sp³-hybridized carbons (Fsp3) is 0.696. The summed E-state index contributed by atoms with van der Waals surface area (Å²) in [5.74, 6) is 1.56. The van der Waals surface area contributed by atoms with Gasteiger partial charge < -0.3 is 28.7 Å². The molecule has 4 rings (SSSR count). The molecule has 3 aliphatic heterocycles. The maximum absolute atomic E-state index is 12.0. The zero-order valence-corrected chi connectivity index (χ0v) is 18.4. The molecule has 1 aromatic rings. The number of hydrogen-bond donors (Lipinski definition) is 0. The van der Waals surface area contributed by atoms with Crippen molar-refractivity contribution in [1.29, 1.82) is 0 Å². The third-order valence-corrected chi connectivity index (χ3v) is 6.96. The number of nitrogens with zero attached hydrogens (tertiary/aromatic N) is 2. The van der Waals surface area contributed by atoms with Gasteiger partial charge in [0.15, 0.2) is 11.5 Å². The average molecular weight is 419 g/mol. The van der Waals surface area contributed by atoms with Gasteiger partial charge in [-0.15, -0.1) is 0 Å². The van der Waals surface area contributed by atoms with Gasteiger partial charge in [0.25, 0.3) is 0 Å². The van der Waals surface area contributed by atoms with Crippen molar-refractivity contribution in [3.63, 3.8) is 0 Å². The van der Waals surface area contributed by atoms with Gasteiger partial charge in [-0.05, 0) is 62.3 Å². The van der Waals surface area contributed by atoms with Gasteiger partial charge in [0.1, 0.15) is 0 Å². The molecule has 0 aliphatic carbocycles. The van der Waals surface area contributed by atoms with Crippen molar-refractivity contribution in [2.24, 2.45) is 0 Å². The first-order valence-electron chi connectivity index (χ1n) is 11.2. The molecule has 30 heavy (non-hydrogen) atoms. The Kier molecular flexibility index (Phi) is 6.39. The van der Waals surface area contributed by atoms with E-state index in [-0.39, 0.29) is 11.7 Å². The highest BCUT2D eigenvalue weighted by Crippen LogP contribution is 2.45. The molecule has 1 aromatic carbocycles. The largest absolute Gasteiger partial charge is 0.493 e. The molecule has 0 aromatic heterocycles. The normalized spacial score (nSPS) is 21.9. The summed E-state index contributed by atoms with van der Waals surface area (Å²) in [6.45, 7) is 6.62. The SMILES string of the molecule is CCOC(=O)N1CCC(N2CCC3(CC2)OCCc2cc(OC)c(OC)cc23)CC1. The Morgan fingerprint density at radius 2 is 1.77 bits per heavy atom. The molecule has 1 amide bonds.